The van der Waals surface area contributed by atoms with Crippen molar-refractivity contribution in [3.8, 4) is 5.75 Å². The number of aromatic amines is 1. The Morgan fingerprint density at radius 3 is 2.55 bits per heavy atom. The summed E-state index contributed by atoms with van der Waals surface area (Å²) in [4.78, 5) is 53.8. The predicted octanol–water partition coefficient (Wildman–Crippen LogP) is 1.09. The number of nitrogens with zero attached hydrogens (tertiary/aromatic N) is 3. The van der Waals surface area contributed by atoms with Crippen LogP contribution in [0.5, 0.6) is 5.75 Å². The number of nitrogen functional groups attached to an aromatic ring is 1. The summed E-state index contributed by atoms with van der Waals surface area (Å²) in [5, 5.41) is 0. The minimum Gasteiger partial charge on any atom is -0.484 e. The number of unbranched alkanes of at least 4 members (excludes halogenated alkanes) is 1. The number of carbonyl (C=O) groups excluding carboxylic acids is 2. The third-order valence-electron chi connectivity index (χ3n) is 5.24. The van der Waals surface area contributed by atoms with Crippen LogP contribution >= 0.6 is 0 Å². The second-order valence-electron chi connectivity index (χ2n) is 7.38. The number of nitrogens with one attached hydrogen (secondary N) is 1. The van der Waals surface area contributed by atoms with Gasteiger partial charge >= 0.3 is 5.69 Å². The smallest absolute Gasteiger partial charge is 0.330 e. The van der Waals surface area contributed by atoms with Crippen molar-refractivity contribution in [3.63, 3.8) is 0 Å². The van der Waals surface area contributed by atoms with E-state index in [1.54, 1.807) is 29.2 Å². The highest BCUT2D eigenvalue weighted by atomic mass is 16.5. The van der Waals surface area contributed by atoms with Crippen LogP contribution in [-0.2, 0) is 16.1 Å². The van der Waals surface area contributed by atoms with Gasteiger partial charge in [0.2, 0.25) is 5.91 Å². The zero-order chi connectivity index (χ0) is 22.5. The van der Waals surface area contributed by atoms with E-state index in [0.717, 1.165) is 23.4 Å². The van der Waals surface area contributed by atoms with Gasteiger partial charge in [0.15, 0.2) is 12.3 Å². The van der Waals surface area contributed by atoms with Gasteiger partial charge in [-0.3, -0.25) is 23.9 Å². The quantitative estimate of drug-likeness (QED) is 0.646. The molecule has 2 aromatic rings. The van der Waals surface area contributed by atoms with Crippen LogP contribution in [0.3, 0.4) is 0 Å². The molecule has 0 unspecified atom stereocenters. The van der Waals surface area contributed by atoms with Gasteiger partial charge in [-0.15, -0.1) is 0 Å². The third-order valence-corrected chi connectivity index (χ3v) is 5.24. The topological polar surface area (TPSA) is 131 Å². The summed E-state index contributed by atoms with van der Waals surface area (Å²) in [5.74, 6) is -0.0186. The van der Waals surface area contributed by atoms with E-state index in [0.29, 0.717) is 31.7 Å². The summed E-state index contributed by atoms with van der Waals surface area (Å²) in [5.41, 5.74) is 5.39. The van der Waals surface area contributed by atoms with Crippen LogP contribution in [0.15, 0.2) is 33.9 Å². The Kier molecular flexibility index (Phi) is 6.78. The zero-order valence-corrected chi connectivity index (χ0v) is 17.7. The van der Waals surface area contributed by atoms with Crippen molar-refractivity contribution in [1.29, 1.82) is 0 Å². The molecule has 1 aromatic heterocycles. The highest BCUT2D eigenvalue weighted by molar-refractivity contribution is 5.96. The molecule has 10 nitrogen and oxygen atoms in total. The number of rotatable bonds is 8. The SMILES string of the molecule is CCCCn1c(N)c(N(C)C(=O)COc2ccc(N3CCCC3=O)cc2)c(=O)[nH]c1=O. The van der Waals surface area contributed by atoms with E-state index in [9.17, 15) is 19.2 Å². The number of ether oxygens (including phenoxy) is 1. The number of nitrogens with two attached hydrogens (primary N) is 1. The average molecular weight is 429 g/mol. The molecule has 1 aliphatic heterocycles. The van der Waals surface area contributed by atoms with Gasteiger partial charge < -0.3 is 20.3 Å². The molecule has 0 spiro atoms. The summed E-state index contributed by atoms with van der Waals surface area (Å²) in [7, 11) is 1.41. The van der Waals surface area contributed by atoms with Crippen LogP contribution in [0.25, 0.3) is 0 Å². The van der Waals surface area contributed by atoms with E-state index >= 15 is 0 Å². The maximum absolute atomic E-state index is 12.6. The number of hydrogen-bond acceptors (Lipinski definition) is 6. The van der Waals surface area contributed by atoms with Crippen LogP contribution in [0.4, 0.5) is 17.2 Å². The first-order chi connectivity index (χ1) is 14.8. The molecule has 0 aliphatic carbocycles. The van der Waals surface area contributed by atoms with Crippen molar-refractivity contribution in [2.24, 2.45) is 0 Å². The van der Waals surface area contributed by atoms with Crippen LogP contribution in [-0.4, -0.2) is 41.6 Å². The minimum absolute atomic E-state index is 0.0577. The summed E-state index contributed by atoms with van der Waals surface area (Å²) in [6.45, 7) is 2.68. The monoisotopic (exact) mass is 429 g/mol. The second kappa shape index (κ2) is 9.50. The highest BCUT2D eigenvalue weighted by Crippen LogP contribution is 2.24. The molecule has 1 fully saturated rings. The van der Waals surface area contributed by atoms with E-state index in [1.165, 1.54) is 11.6 Å². The Morgan fingerprint density at radius 2 is 1.94 bits per heavy atom. The molecule has 3 rings (SSSR count). The van der Waals surface area contributed by atoms with E-state index in [2.05, 4.69) is 4.98 Å². The number of H-pyrrole nitrogens is 1. The van der Waals surface area contributed by atoms with Crippen molar-refractivity contribution < 1.29 is 14.3 Å². The van der Waals surface area contributed by atoms with Gasteiger partial charge in [-0.05, 0) is 37.1 Å². The Balaban J connectivity index is 1.69. The zero-order valence-electron chi connectivity index (χ0n) is 17.7. The molecule has 0 radical (unpaired) electrons. The first-order valence-corrected chi connectivity index (χ1v) is 10.3. The van der Waals surface area contributed by atoms with Gasteiger partial charge in [-0.1, -0.05) is 13.3 Å². The molecule has 1 aromatic carbocycles. The van der Waals surface area contributed by atoms with Crippen LogP contribution in [0, 0.1) is 0 Å². The number of amides is 2. The molecule has 1 aliphatic rings. The fourth-order valence-corrected chi connectivity index (χ4v) is 3.45. The average Bonchev–Trinajstić information content (AvgIpc) is 3.17. The van der Waals surface area contributed by atoms with Gasteiger partial charge in [0, 0.05) is 32.2 Å². The van der Waals surface area contributed by atoms with E-state index in [4.69, 9.17) is 10.5 Å². The number of aromatic nitrogens is 2. The van der Waals surface area contributed by atoms with E-state index in [-0.39, 0.29) is 24.0 Å². The summed E-state index contributed by atoms with van der Waals surface area (Å²) >= 11 is 0. The van der Waals surface area contributed by atoms with E-state index < -0.39 is 17.2 Å². The molecule has 10 heteroatoms. The number of carbonyl (C=O) groups is 2. The first-order valence-electron chi connectivity index (χ1n) is 10.3. The molecule has 31 heavy (non-hydrogen) atoms. The van der Waals surface area contributed by atoms with Crippen LogP contribution < -0.4 is 31.5 Å². The number of likely N-dealkylation sites (N-methyl/N-ethyl adjacent to an activating group) is 1. The Morgan fingerprint density at radius 1 is 1.23 bits per heavy atom. The van der Waals surface area contributed by atoms with Crippen LogP contribution in [0.1, 0.15) is 32.6 Å². The molecular formula is C21H27N5O5. The fourth-order valence-electron chi connectivity index (χ4n) is 3.45. The lowest BCUT2D eigenvalue weighted by atomic mass is 10.3. The van der Waals surface area contributed by atoms with E-state index in [1.807, 2.05) is 6.92 Å². The standard InChI is InChI=1S/C21H27N5O5/c1-3-4-11-26-19(22)18(20(29)23-21(26)30)24(2)17(28)13-31-15-9-7-14(8-10-15)25-12-5-6-16(25)27/h7-10H,3-6,11-13,22H2,1-2H3,(H,23,29,30). The van der Waals surface area contributed by atoms with Gasteiger partial charge in [0.1, 0.15) is 11.6 Å². The highest BCUT2D eigenvalue weighted by Gasteiger charge is 2.23. The summed E-state index contributed by atoms with van der Waals surface area (Å²) < 4.78 is 6.79. The minimum atomic E-state index is -0.731. The number of hydrogen-bond donors (Lipinski definition) is 2. The second-order valence-corrected chi connectivity index (χ2v) is 7.38. The molecule has 0 saturated carbocycles. The van der Waals surface area contributed by atoms with Gasteiger partial charge in [-0.25, -0.2) is 4.79 Å². The molecule has 2 amide bonds. The maximum Gasteiger partial charge on any atom is 0.330 e. The lowest BCUT2D eigenvalue weighted by molar-refractivity contribution is -0.120. The van der Waals surface area contributed by atoms with Gasteiger partial charge in [-0.2, -0.15) is 0 Å². The van der Waals surface area contributed by atoms with Crippen molar-refractivity contribution in [2.45, 2.75) is 39.2 Å². The van der Waals surface area contributed by atoms with Crippen LogP contribution in [0.2, 0.25) is 0 Å². The molecule has 0 bridgehead atoms. The number of benzene rings is 1. The maximum atomic E-state index is 12.6. The van der Waals surface area contributed by atoms with Crippen molar-refractivity contribution >= 4 is 29.0 Å². The fraction of sp³-hybridized carbons (Fsp3) is 0.429. The molecule has 0 atom stereocenters. The molecule has 1 saturated heterocycles. The Bertz CT molecular complexity index is 1070. The molecular weight excluding hydrogens is 402 g/mol. The van der Waals surface area contributed by atoms with Gasteiger partial charge in [0.05, 0.1) is 0 Å². The summed E-state index contributed by atoms with van der Waals surface area (Å²) in [6.07, 6.45) is 2.93. The Labute approximate surface area is 179 Å². The molecule has 3 N–H and O–H groups in total. The Hall–Kier alpha value is -3.56. The largest absolute Gasteiger partial charge is 0.484 e. The molecule has 166 valence electrons. The predicted molar refractivity (Wildman–Crippen MR) is 118 cm³/mol. The summed E-state index contributed by atoms with van der Waals surface area (Å²) in [6, 6.07) is 6.89. The molecule has 2 heterocycles. The van der Waals surface area contributed by atoms with Crippen molar-refractivity contribution in [2.75, 3.05) is 35.7 Å². The number of anilines is 3. The van der Waals surface area contributed by atoms with Gasteiger partial charge in [0.25, 0.3) is 11.5 Å². The lowest BCUT2D eigenvalue weighted by Crippen LogP contribution is -2.40. The first kappa shape index (κ1) is 22.1. The lowest BCUT2D eigenvalue weighted by Gasteiger charge is -2.20. The van der Waals surface area contributed by atoms with Crippen molar-refractivity contribution in [1.82, 2.24) is 9.55 Å². The normalized spacial score (nSPS) is 13.5. The third kappa shape index (κ3) is 4.79. The van der Waals surface area contributed by atoms with Crippen molar-refractivity contribution in [3.05, 3.63) is 45.1 Å².